The van der Waals surface area contributed by atoms with Crippen molar-refractivity contribution < 1.29 is 9.21 Å². The van der Waals surface area contributed by atoms with Gasteiger partial charge in [0.15, 0.2) is 10.8 Å². The second-order valence-electron chi connectivity index (χ2n) is 5.48. The molecule has 0 aliphatic carbocycles. The van der Waals surface area contributed by atoms with Gasteiger partial charge in [-0.1, -0.05) is 12.1 Å². The molecule has 0 aliphatic rings. The molecule has 0 fully saturated rings. The highest BCUT2D eigenvalue weighted by molar-refractivity contribution is 7.18. The van der Waals surface area contributed by atoms with Crippen molar-refractivity contribution in [3.05, 3.63) is 58.2 Å². The number of carbonyl (C=O) groups excluding carboxylic acids is 1. The molecule has 4 rings (SSSR count). The zero-order valence-electron chi connectivity index (χ0n) is 13.5. The number of aryl methyl sites for hydroxylation is 1. The maximum atomic E-state index is 12.4. The predicted octanol–water partition coefficient (Wildman–Crippen LogP) is 4.29. The lowest BCUT2D eigenvalue weighted by molar-refractivity contribution is 0.0949. The Hall–Kier alpha value is -2.51. The minimum absolute atomic E-state index is 0.160. The third-order valence-corrected chi connectivity index (χ3v) is 5.79. The van der Waals surface area contributed by atoms with Gasteiger partial charge in [0.05, 0.1) is 21.5 Å². The van der Waals surface area contributed by atoms with Crippen molar-refractivity contribution in [2.24, 2.45) is 0 Å². The van der Waals surface area contributed by atoms with Gasteiger partial charge in [0.1, 0.15) is 5.69 Å². The van der Waals surface area contributed by atoms with Crippen LogP contribution in [0.25, 0.3) is 21.0 Å². The van der Waals surface area contributed by atoms with E-state index in [1.807, 2.05) is 37.3 Å². The third-order valence-electron chi connectivity index (χ3n) is 3.71. The molecule has 0 aliphatic heterocycles. The van der Waals surface area contributed by atoms with Crippen molar-refractivity contribution >= 4 is 38.8 Å². The highest BCUT2D eigenvalue weighted by atomic mass is 32.1. The molecule has 0 bridgehead atoms. The van der Waals surface area contributed by atoms with Gasteiger partial charge in [0.25, 0.3) is 5.91 Å². The molecular formula is C18H15N3O2S2. The smallest absolute Gasteiger partial charge is 0.271 e. The van der Waals surface area contributed by atoms with Crippen LogP contribution in [0.1, 0.15) is 20.4 Å². The van der Waals surface area contributed by atoms with E-state index in [0.29, 0.717) is 24.4 Å². The van der Waals surface area contributed by atoms with Crippen LogP contribution in [0.4, 0.5) is 0 Å². The van der Waals surface area contributed by atoms with Crippen molar-refractivity contribution in [3.63, 3.8) is 0 Å². The lowest BCUT2D eigenvalue weighted by atomic mass is 10.3. The summed E-state index contributed by atoms with van der Waals surface area (Å²) in [5, 5.41) is 4.67. The number of rotatable bonds is 5. The molecule has 7 heteroatoms. The van der Waals surface area contributed by atoms with E-state index in [0.717, 1.165) is 20.4 Å². The van der Waals surface area contributed by atoms with Crippen molar-refractivity contribution in [2.75, 3.05) is 6.54 Å². The molecule has 0 unspecified atom stereocenters. The highest BCUT2D eigenvalue weighted by Crippen LogP contribution is 2.28. The van der Waals surface area contributed by atoms with E-state index >= 15 is 0 Å². The van der Waals surface area contributed by atoms with Crippen LogP contribution >= 0.6 is 22.7 Å². The molecule has 0 radical (unpaired) electrons. The molecule has 0 atom stereocenters. The van der Waals surface area contributed by atoms with Crippen LogP contribution in [-0.4, -0.2) is 22.4 Å². The molecule has 5 nitrogen and oxygen atoms in total. The summed E-state index contributed by atoms with van der Waals surface area (Å²) in [5.41, 5.74) is 1.47. The Kier molecular flexibility index (Phi) is 4.33. The zero-order valence-corrected chi connectivity index (χ0v) is 15.1. The molecule has 3 aromatic heterocycles. The summed E-state index contributed by atoms with van der Waals surface area (Å²) in [6.07, 6.45) is 2.31. The van der Waals surface area contributed by atoms with E-state index < -0.39 is 0 Å². The molecule has 4 aromatic rings. The normalized spacial score (nSPS) is 11.1. The molecular weight excluding hydrogens is 354 g/mol. The molecule has 1 amide bonds. The van der Waals surface area contributed by atoms with E-state index in [9.17, 15) is 4.79 Å². The number of hydrogen-bond acceptors (Lipinski definition) is 6. The number of carbonyl (C=O) groups is 1. The predicted molar refractivity (Wildman–Crippen MR) is 100 cm³/mol. The Bertz CT molecular complexity index is 985. The summed E-state index contributed by atoms with van der Waals surface area (Å²) in [6, 6.07) is 11.7. The number of thiazole rings is 2. The number of amides is 1. The highest BCUT2D eigenvalue weighted by Gasteiger charge is 2.17. The van der Waals surface area contributed by atoms with Crippen molar-refractivity contribution in [1.82, 2.24) is 15.3 Å². The Morgan fingerprint density at radius 1 is 1.16 bits per heavy atom. The van der Waals surface area contributed by atoms with Crippen LogP contribution in [0.3, 0.4) is 0 Å². The number of nitrogens with one attached hydrogen (secondary N) is 1. The lowest BCUT2D eigenvalue weighted by Crippen LogP contribution is -2.26. The van der Waals surface area contributed by atoms with Gasteiger partial charge in [0.2, 0.25) is 0 Å². The van der Waals surface area contributed by atoms with Gasteiger partial charge in [-0.15, -0.1) is 22.7 Å². The van der Waals surface area contributed by atoms with E-state index in [-0.39, 0.29) is 5.91 Å². The van der Waals surface area contributed by atoms with E-state index in [1.165, 1.54) is 16.0 Å². The Labute approximate surface area is 152 Å². The topological polar surface area (TPSA) is 68.0 Å². The van der Waals surface area contributed by atoms with Crippen LogP contribution in [0.5, 0.6) is 0 Å². The van der Waals surface area contributed by atoms with Crippen LogP contribution < -0.4 is 5.32 Å². The fourth-order valence-corrected chi connectivity index (χ4v) is 4.35. The summed E-state index contributed by atoms with van der Waals surface area (Å²) in [7, 11) is 0. The summed E-state index contributed by atoms with van der Waals surface area (Å²) >= 11 is 3.12. The van der Waals surface area contributed by atoms with E-state index in [1.54, 1.807) is 17.6 Å². The van der Waals surface area contributed by atoms with Gasteiger partial charge < -0.3 is 9.73 Å². The second-order valence-corrected chi connectivity index (χ2v) is 7.80. The SMILES string of the molecule is Cc1sc(-c2ccco2)nc1C(=O)NCCc1nc2ccccc2s1. The van der Waals surface area contributed by atoms with Crippen LogP contribution in [0.15, 0.2) is 47.1 Å². The maximum absolute atomic E-state index is 12.4. The lowest BCUT2D eigenvalue weighted by Gasteiger charge is -2.02. The Morgan fingerprint density at radius 2 is 2.04 bits per heavy atom. The largest absolute Gasteiger partial charge is 0.462 e. The van der Waals surface area contributed by atoms with Gasteiger partial charge in [-0.2, -0.15) is 0 Å². The Balaban J connectivity index is 1.40. The van der Waals surface area contributed by atoms with Gasteiger partial charge in [-0.25, -0.2) is 9.97 Å². The van der Waals surface area contributed by atoms with Gasteiger partial charge >= 0.3 is 0 Å². The number of benzene rings is 1. The molecule has 0 spiro atoms. The van der Waals surface area contributed by atoms with Crippen molar-refractivity contribution in [1.29, 1.82) is 0 Å². The van der Waals surface area contributed by atoms with Crippen LogP contribution in [0.2, 0.25) is 0 Å². The average molecular weight is 369 g/mol. The molecule has 126 valence electrons. The molecule has 0 saturated carbocycles. The van der Waals surface area contributed by atoms with Crippen LogP contribution in [-0.2, 0) is 6.42 Å². The monoisotopic (exact) mass is 369 g/mol. The number of nitrogens with zero attached hydrogens (tertiary/aromatic N) is 2. The third kappa shape index (κ3) is 3.33. The van der Waals surface area contributed by atoms with Gasteiger partial charge in [-0.3, -0.25) is 4.79 Å². The van der Waals surface area contributed by atoms with Gasteiger partial charge in [0, 0.05) is 17.8 Å². The number of aromatic nitrogens is 2. The molecule has 25 heavy (non-hydrogen) atoms. The fourth-order valence-electron chi connectivity index (χ4n) is 2.51. The quantitative estimate of drug-likeness (QED) is 0.570. The fraction of sp³-hybridized carbons (Fsp3) is 0.167. The van der Waals surface area contributed by atoms with E-state index in [4.69, 9.17) is 4.42 Å². The van der Waals surface area contributed by atoms with E-state index in [2.05, 4.69) is 21.4 Å². The number of furan rings is 1. The minimum Gasteiger partial charge on any atom is -0.462 e. The maximum Gasteiger partial charge on any atom is 0.271 e. The standard InChI is InChI=1S/C18H15N3O2S2/c1-11-16(21-18(24-11)13-6-4-10-23-13)17(22)19-9-8-15-20-12-5-2-3-7-14(12)25-15/h2-7,10H,8-9H2,1H3,(H,19,22). The van der Waals surface area contributed by atoms with Crippen molar-refractivity contribution in [3.8, 4) is 10.8 Å². The molecule has 1 N–H and O–H groups in total. The summed E-state index contributed by atoms with van der Waals surface area (Å²) in [6.45, 7) is 2.43. The zero-order chi connectivity index (χ0) is 17.2. The first-order valence-electron chi connectivity index (χ1n) is 7.84. The number of fused-ring (bicyclic) bond motifs is 1. The molecule has 1 aromatic carbocycles. The summed E-state index contributed by atoms with van der Waals surface area (Å²) in [5.74, 6) is 0.522. The van der Waals surface area contributed by atoms with Gasteiger partial charge in [-0.05, 0) is 31.2 Å². The average Bonchev–Trinajstić information content (AvgIpc) is 3.33. The van der Waals surface area contributed by atoms with Crippen molar-refractivity contribution in [2.45, 2.75) is 13.3 Å². The Morgan fingerprint density at radius 3 is 2.84 bits per heavy atom. The molecule has 3 heterocycles. The van der Waals surface area contributed by atoms with Crippen LogP contribution in [0, 0.1) is 6.92 Å². The first kappa shape index (κ1) is 16.0. The summed E-state index contributed by atoms with van der Waals surface area (Å²) in [4.78, 5) is 22.3. The first-order chi connectivity index (χ1) is 12.2. The number of hydrogen-bond donors (Lipinski definition) is 1. The number of para-hydroxylation sites is 1. The second kappa shape index (κ2) is 6.78. The minimum atomic E-state index is -0.160. The summed E-state index contributed by atoms with van der Waals surface area (Å²) < 4.78 is 6.51. The first-order valence-corrected chi connectivity index (χ1v) is 9.48. The molecule has 0 saturated heterocycles.